The number of aromatic nitrogens is 2. The summed E-state index contributed by atoms with van der Waals surface area (Å²) in [4.78, 5) is 34.6. The molecule has 0 aliphatic carbocycles. The lowest BCUT2D eigenvalue weighted by atomic mass is 10.1. The Hall–Kier alpha value is -3.75. The van der Waals surface area contributed by atoms with Crippen molar-refractivity contribution in [3.63, 3.8) is 0 Å². The molecular formula is C22H19F3N4O2. The highest BCUT2D eigenvalue weighted by Crippen LogP contribution is 2.34. The third-order valence-corrected chi connectivity index (χ3v) is 4.40. The first-order valence-electron chi connectivity index (χ1n) is 9.42. The minimum atomic E-state index is -4.60. The van der Waals surface area contributed by atoms with Crippen molar-refractivity contribution < 1.29 is 22.8 Å². The number of anilines is 1. The smallest absolute Gasteiger partial charge is 0.330 e. The van der Waals surface area contributed by atoms with Gasteiger partial charge >= 0.3 is 6.18 Å². The standard InChI is InChI=1S/C22H19F3N4O2/c1-2-29(14-20(30)28-17-8-4-3-7-16(17)22(23,24)25)21(31)12-11-15-13-26-18-9-5-6-10-19(18)27-15/h3-13H,2,14H2,1H3,(H,28,30)/b12-11+. The molecule has 0 radical (unpaired) electrons. The van der Waals surface area contributed by atoms with E-state index in [0.717, 1.165) is 17.6 Å². The number of fused-ring (bicyclic) bond motifs is 1. The SMILES string of the molecule is CCN(CC(=O)Nc1ccccc1C(F)(F)F)C(=O)/C=C/c1cnc2ccccc2n1. The van der Waals surface area contributed by atoms with Crippen LogP contribution in [0.3, 0.4) is 0 Å². The largest absolute Gasteiger partial charge is 0.418 e. The molecule has 6 nitrogen and oxygen atoms in total. The normalized spacial score (nSPS) is 11.6. The molecular weight excluding hydrogens is 409 g/mol. The Morgan fingerprint density at radius 1 is 1.06 bits per heavy atom. The van der Waals surface area contributed by atoms with Crippen LogP contribution < -0.4 is 5.32 Å². The number of carbonyl (C=O) groups is 2. The quantitative estimate of drug-likeness (QED) is 0.599. The molecule has 2 aromatic carbocycles. The van der Waals surface area contributed by atoms with Crippen molar-refractivity contribution in [2.75, 3.05) is 18.4 Å². The van der Waals surface area contributed by atoms with E-state index in [9.17, 15) is 22.8 Å². The van der Waals surface area contributed by atoms with Crippen molar-refractivity contribution in [2.45, 2.75) is 13.1 Å². The minimum absolute atomic E-state index is 0.195. The van der Waals surface area contributed by atoms with Gasteiger partial charge in [0.25, 0.3) is 0 Å². The molecule has 3 rings (SSSR count). The Labute approximate surface area is 176 Å². The zero-order valence-electron chi connectivity index (χ0n) is 16.6. The third kappa shape index (κ3) is 5.65. The van der Waals surface area contributed by atoms with Crippen LogP contribution in [0.15, 0.2) is 60.8 Å². The van der Waals surface area contributed by atoms with Crippen molar-refractivity contribution in [1.82, 2.24) is 14.9 Å². The number of para-hydroxylation sites is 3. The van der Waals surface area contributed by atoms with Crippen LogP contribution in [0, 0.1) is 0 Å². The topological polar surface area (TPSA) is 75.2 Å². The predicted molar refractivity (Wildman–Crippen MR) is 111 cm³/mol. The number of nitrogens with zero attached hydrogens (tertiary/aromatic N) is 3. The van der Waals surface area contributed by atoms with Gasteiger partial charge in [-0.05, 0) is 37.3 Å². The van der Waals surface area contributed by atoms with Gasteiger partial charge in [0, 0.05) is 12.6 Å². The molecule has 1 N–H and O–H groups in total. The fourth-order valence-corrected chi connectivity index (χ4v) is 2.86. The van der Waals surface area contributed by atoms with Crippen molar-refractivity contribution >= 4 is 34.6 Å². The summed E-state index contributed by atoms with van der Waals surface area (Å²) in [6.45, 7) is 1.47. The Kier molecular flexibility index (Phi) is 6.64. The Morgan fingerprint density at radius 3 is 2.45 bits per heavy atom. The third-order valence-electron chi connectivity index (χ3n) is 4.40. The first kappa shape index (κ1) is 21.9. The first-order chi connectivity index (χ1) is 14.8. The van der Waals surface area contributed by atoms with Gasteiger partial charge in [-0.1, -0.05) is 24.3 Å². The van der Waals surface area contributed by atoms with Crippen molar-refractivity contribution in [1.29, 1.82) is 0 Å². The molecule has 2 amide bonds. The van der Waals surface area contributed by atoms with Gasteiger partial charge in [0.15, 0.2) is 0 Å². The summed E-state index contributed by atoms with van der Waals surface area (Å²) in [5.41, 5.74) is 0.550. The number of alkyl halides is 3. The Balaban J connectivity index is 1.67. The van der Waals surface area contributed by atoms with Gasteiger partial charge in [-0.2, -0.15) is 13.2 Å². The van der Waals surface area contributed by atoms with Crippen LogP contribution in [0.1, 0.15) is 18.2 Å². The molecule has 3 aromatic rings. The minimum Gasteiger partial charge on any atom is -0.330 e. The van der Waals surface area contributed by atoms with Crippen LogP contribution in [0.5, 0.6) is 0 Å². The lowest BCUT2D eigenvalue weighted by Gasteiger charge is -2.19. The fraction of sp³-hybridized carbons (Fsp3) is 0.182. The molecule has 0 saturated carbocycles. The van der Waals surface area contributed by atoms with Crippen LogP contribution in [-0.4, -0.2) is 39.8 Å². The summed E-state index contributed by atoms with van der Waals surface area (Å²) in [7, 11) is 0. The highest BCUT2D eigenvalue weighted by molar-refractivity contribution is 5.98. The van der Waals surface area contributed by atoms with E-state index >= 15 is 0 Å². The number of carbonyl (C=O) groups excluding carboxylic acids is 2. The van der Waals surface area contributed by atoms with Gasteiger partial charge in [0.2, 0.25) is 11.8 Å². The maximum Gasteiger partial charge on any atom is 0.418 e. The Bertz CT molecular complexity index is 1130. The van der Waals surface area contributed by atoms with Crippen LogP contribution in [-0.2, 0) is 15.8 Å². The second-order valence-corrected chi connectivity index (χ2v) is 6.56. The number of hydrogen-bond donors (Lipinski definition) is 1. The summed E-state index contributed by atoms with van der Waals surface area (Å²) in [6, 6.07) is 11.9. The molecule has 1 heterocycles. The van der Waals surface area contributed by atoms with Crippen LogP contribution in [0.2, 0.25) is 0 Å². The summed E-state index contributed by atoms with van der Waals surface area (Å²) in [6.07, 6.45) is -0.364. The second kappa shape index (κ2) is 9.38. The number of amides is 2. The van der Waals surface area contributed by atoms with E-state index in [2.05, 4.69) is 15.3 Å². The average molecular weight is 428 g/mol. The molecule has 160 valence electrons. The highest BCUT2D eigenvalue weighted by atomic mass is 19.4. The zero-order valence-corrected chi connectivity index (χ0v) is 16.6. The van der Waals surface area contributed by atoms with E-state index in [0.29, 0.717) is 11.2 Å². The fourth-order valence-electron chi connectivity index (χ4n) is 2.86. The van der Waals surface area contributed by atoms with E-state index < -0.39 is 30.1 Å². The molecule has 0 saturated heterocycles. The van der Waals surface area contributed by atoms with Gasteiger partial charge in [-0.3, -0.25) is 14.6 Å². The van der Waals surface area contributed by atoms with E-state index in [-0.39, 0.29) is 12.2 Å². The number of halogens is 3. The molecule has 0 atom stereocenters. The van der Waals surface area contributed by atoms with E-state index in [1.807, 2.05) is 18.2 Å². The lowest BCUT2D eigenvalue weighted by Crippen LogP contribution is -2.37. The second-order valence-electron chi connectivity index (χ2n) is 6.56. The zero-order chi connectivity index (χ0) is 22.4. The first-order valence-corrected chi connectivity index (χ1v) is 9.42. The van der Waals surface area contributed by atoms with Gasteiger partial charge in [0.1, 0.15) is 6.54 Å². The molecule has 0 fully saturated rings. The molecule has 0 unspecified atom stereocenters. The average Bonchev–Trinajstić information content (AvgIpc) is 2.75. The Morgan fingerprint density at radius 2 is 1.74 bits per heavy atom. The number of rotatable bonds is 6. The summed E-state index contributed by atoms with van der Waals surface area (Å²) in [5.74, 6) is -1.21. The van der Waals surface area contributed by atoms with Crippen molar-refractivity contribution in [3.05, 3.63) is 72.1 Å². The van der Waals surface area contributed by atoms with Gasteiger partial charge in [-0.25, -0.2) is 4.98 Å². The maximum absolute atomic E-state index is 13.1. The predicted octanol–water partition coefficient (Wildman–Crippen LogP) is 4.15. The summed E-state index contributed by atoms with van der Waals surface area (Å²) in [5, 5.41) is 2.23. The van der Waals surface area contributed by atoms with Crippen LogP contribution in [0.4, 0.5) is 18.9 Å². The highest BCUT2D eigenvalue weighted by Gasteiger charge is 2.33. The molecule has 1 aromatic heterocycles. The molecule has 31 heavy (non-hydrogen) atoms. The molecule has 0 aliphatic rings. The van der Waals surface area contributed by atoms with Crippen molar-refractivity contribution in [2.24, 2.45) is 0 Å². The van der Waals surface area contributed by atoms with Gasteiger partial charge in [0.05, 0.1) is 34.2 Å². The monoisotopic (exact) mass is 428 g/mol. The number of likely N-dealkylation sites (N-methyl/N-ethyl adjacent to an activating group) is 1. The van der Waals surface area contributed by atoms with Crippen LogP contribution >= 0.6 is 0 Å². The molecule has 9 heteroatoms. The molecule has 0 bridgehead atoms. The lowest BCUT2D eigenvalue weighted by molar-refractivity contribution is -0.137. The summed E-state index contributed by atoms with van der Waals surface area (Å²) < 4.78 is 39.2. The summed E-state index contributed by atoms with van der Waals surface area (Å²) >= 11 is 0. The van der Waals surface area contributed by atoms with Crippen molar-refractivity contribution in [3.8, 4) is 0 Å². The number of hydrogen-bond acceptors (Lipinski definition) is 4. The van der Waals surface area contributed by atoms with Crippen LogP contribution in [0.25, 0.3) is 17.1 Å². The van der Waals surface area contributed by atoms with Gasteiger partial charge in [-0.15, -0.1) is 0 Å². The molecule has 0 spiro atoms. The molecule has 0 aliphatic heterocycles. The van der Waals surface area contributed by atoms with E-state index in [1.54, 1.807) is 13.0 Å². The maximum atomic E-state index is 13.1. The van der Waals surface area contributed by atoms with E-state index in [4.69, 9.17) is 0 Å². The van der Waals surface area contributed by atoms with E-state index in [1.165, 1.54) is 35.4 Å². The number of benzene rings is 2. The number of nitrogens with one attached hydrogen (secondary N) is 1. The van der Waals surface area contributed by atoms with Gasteiger partial charge < -0.3 is 10.2 Å².